The van der Waals surface area contributed by atoms with Crippen molar-refractivity contribution in [3.63, 3.8) is 0 Å². The number of likely N-dealkylation sites (tertiary alicyclic amines) is 1. The largest absolute Gasteiger partial charge is 0.490 e. The maximum Gasteiger partial charge on any atom is 0.490 e. The molecule has 174 valence electrons. The van der Waals surface area contributed by atoms with Crippen molar-refractivity contribution < 1.29 is 32.4 Å². The number of carboxylic acid groups (broad SMARTS) is 1. The molecule has 1 fully saturated rings. The predicted octanol–water partition coefficient (Wildman–Crippen LogP) is 2.62. The molecule has 0 bridgehead atoms. The van der Waals surface area contributed by atoms with Gasteiger partial charge in [0.05, 0.1) is 6.54 Å². The van der Waals surface area contributed by atoms with Crippen LogP contribution >= 0.6 is 0 Å². The standard InChI is InChI=1S/C18H23N5O2.C2HF3O2/c1-12-17(14-6-7-19-9-13(14)10-20-12)18-21-15(25-22-18)11-23-8-4-2-3-5-16(23)24;3-2(4,5)1(6)7/h10,19H,2-9,11H2,1H3;(H,6,7). The molecule has 2 aromatic rings. The summed E-state index contributed by atoms with van der Waals surface area (Å²) >= 11 is 0. The number of hydrogen-bond donors (Lipinski definition) is 2. The number of hydrogen-bond acceptors (Lipinski definition) is 7. The molecule has 1 saturated heterocycles. The Bertz CT molecular complexity index is 977. The number of nitrogens with one attached hydrogen (secondary N) is 1. The van der Waals surface area contributed by atoms with Crippen molar-refractivity contribution in [3.8, 4) is 11.4 Å². The summed E-state index contributed by atoms with van der Waals surface area (Å²) in [5.74, 6) is -1.50. The Balaban J connectivity index is 0.000000360. The number of rotatable bonds is 3. The highest BCUT2D eigenvalue weighted by atomic mass is 19.4. The molecule has 12 heteroatoms. The van der Waals surface area contributed by atoms with E-state index in [2.05, 4.69) is 20.4 Å². The van der Waals surface area contributed by atoms with E-state index in [1.807, 2.05) is 18.0 Å². The van der Waals surface area contributed by atoms with Gasteiger partial charge < -0.3 is 19.8 Å². The molecule has 1 amide bonds. The van der Waals surface area contributed by atoms with E-state index < -0.39 is 12.1 Å². The van der Waals surface area contributed by atoms with Crippen molar-refractivity contribution >= 4 is 11.9 Å². The summed E-state index contributed by atoms with van der Waals surface area (Å²) in [4.78, 5) is 32.0. The number of aliphatic carboxylic acids is 1. The summed E-state index contributed by atoms with van der Waals surface area (Å²) in [5, 5.41) is 14.7. The summed E-state index contributed by atoms with van der Waals surface area (Å²) in [6.45, 7) is 4.91. The maximum absolute atomic E-state index is 12.2. The Kier molecular flexibility index (Phi) is 7.44. The van der Waals surface area contributed by atoms with Crippen LogP contribution in [0.2, 0.25) is 0 Å². The van der Waals surface area contributed by atoms with Gasteiger partial charge in [-0.1, -0.05) is 11.6 Å². The number of alkyl halides is 3. The van der Waals surface area contributed by atoms with E-state index in [4.69, 9.17) is 14.4 Å². The summed E-state index contributed by atoms with van der Waals surface area (Å²) < 4.78 is 37.2. The van der Waals surface area contributed by atoms with Gasteiger partial charge in [-0.2, -0.15) is 18.2 Å². The number of pyridine rings is 1. The third-order valence-corrected chi connectivity index (χ3v) is 5.26. The Labute approximate surface area is 182 Å². The fourth-order valence-corrected chi connectivity index (χ4v) is 3.66. The molecular formula is C20H24F3N5O4. The number of carboxylic acids is 1. The van der Waals surface area contributed by atoms with E-state index in [-0.39, 0.29) is 5.91 Å². The van der Waals surface area contributed by atoms with Crippen LogP contribution in [0.4, 0.5) is 13.2 Å². The zero-order valence-corrected chi connectivity index (χ0v) is 17.5. The lowest BCUT2D eigenvalue weighted by atomic mass is 9.95. The second-order valence-corrected chi connectivity index (χ2v) is 7.59. The van der Waals surface area contributed by atoms with Crippen molar-refractivity contribution in [2.24, 2.45) is 0 Å². The third kappa shape index (κ3) is 5.81. The average Bonchev–Trinajstić information content (AvgIpc) is 3.10. The van der Waals surface area contributed by atoms with Crippen LogP contribution in [0.3, 0.4) is 0 Å². The van der Waals surface area contributed by atoms with Crippen molar-refractivity contribution in [2.75, 3.05) is 13.1 Å². The molecule has 2 aliphatic heterocycles. The van der Waals surface area contributed by atoms with Gasteiger partial charge in [0.25, 0.3) is 0 Å². The molecule has 0 aliphatic carbocycles. The van der Waals surface area contributed by atoms with E-state index in [1.54, 1.807) is 0 Å². The lowest BCUT2D eigenvalue weighted by Gasteiger charge is -2.20. The number of aryl methyl sites for hydroxylation is 1. The molecular weight excluding hydrogens is 431 g/mol. The molecule has 9 nitrogen and oxygen atoms in total. The van der Waals surface area contributed by atoms with Gasteiger partial charge in [-0.3, -0.25) is 9.78 Å². The van der Waals surface area contributed by atoms with E-state index in [1.165, 1.54) is 11.1 Å². The Morgan fingerprint density at radius 3 is 2.75 bits per heavy atom. The Morgan fingerprint density at radius 2 is 2.03 bits per heavy atom. The highest BCUT2D eigenvalue weighted by Crippen LogP contribution is 2.28. The highest BCUT2D eigenvalue weighted by molar-refractivity contribution is 5.76. The van der Waals surface area contributed by atoms with E-state index in [0.29, 0.717) is 24.7 Å². The molecule has 4 rings (SSSR count). The maximum atomic E-state index is 12.2. The highest BCUT2D eigenvalue weighted by Gasteiger charge is 2.38. The Morgan fingerprint density at radius 1 is 1.28 bits per heavy atom. The first-order chi connectivity index (χ1) is 15.2. The molecule has 2 aliphatic rings. The summed E-state index contributed by atoms with van der Waals surface area (Å²) in [5.41, 5.74) is 4.35. The molecule has 0 atom stereocenters. The van der Waals surface area contributed by atoms with E-state index in [0.717, 1.165) is 56.6 Å². The molecule has 2 N–H and O–H groups in total. The van der Waals surface area contributed by atoms with Gasteiger partial charge in [0.2, 0.25) is 17.6 Å². The molecule has 0 unspecified atom stereocenters. The van der Waals surface area contributed by atoms with Crippen LogP contribution in [-0.2, 0) is 29.1 Å². The summed E-state index contributed by atoms with van der Waals surface area (Å²) in [7, 11) is 0. The number of nitrogens with zero attached hydrogens (tertiary/aromatic N) is 4. The van der Waals surface area contributed by atoms with Crippen LogP contribution in [0.1, 0.15) is 48.4 Å². The fourth-order valence-electron chi connectivity index (χ4n) is 3.66. The number of aromatic nitrogens is 3. The van der Waals surface area contributed by atoms with Gasteiger partial charge in [0.15, 0.2) is 0 Å². The molecule has 2 aromatic heterocycles. The third-order valence-electron chi connectivity index (χ3n) is 5.26. The number of fused-ring (bicyclic) bond motifs is 1. The smallest absolute Gasteiger partial charge is 0.475 e. The van der Waals surface area contributed by atoms with Crippen molar-refractivity contribution in [2.45, 2.75) is 58.3 Å². The van der Waals surface area contributed by atoms with E-state index >= 15 is 0 Å². The molecule has 0 aromatic carbocycles. The van der Waals surface area contributed by atoms with Crippen molar-refractivity contribution in [1.29, 1.82) is 0 Å². The predicted molar refractivity (Wildman–Crippen MR) is 105 cm³/mol. The lowest BCUT2D eigenvalue weighted by molar-refractivity contribution is -0.192. The minimum absolute atomic E-state index is 0.179. The van der Waals surface area contributed by atoms with Crippen LogP contribution in [0.25, 0.3) is 11.4 Å². The first-order valence-corrected chi connectivity index (χ1v) is 10.3. The van der Waals surface area contributed by atoms with E-state index in [9.17, 15) is 18.0 Å². The zero-order valence-electron chi connectivity index (χ0n) is 17.5. The minimum Gasteiger partial charge on any atom is -0.475 e. The van der Waals surface area contributed by atoms with Gasteiger partial charge in [0, 0.05) is 37.0 Å². The van der Waals surface area contributed by atoms with Gasteiger partial charge in [-0.25, -0.2) is 4.79 Å². The van der Waals surface area contributed by atoms with Crippen molar-refractivity contribution in [3.05, 3.63) is 28.9 Å². The number of carbonyl (C=O) groups is 2. The van der Waals surface area contributed by atoms with Gasteiger partial charge in [-0.15, -0.1) is 0 Å². The lowest BCUT2D eigenvalue weighted by Crippen LogP contribution is -2.29. The Hall–Kier alpha value is -3.02. The molecule has 0 spiro atoms. The first-order valence-electron chi connectivity index (χ1n) is 10.3. The second kappa shape index (κ2) is 10.1. The SMILES string of the molecule is Cc1ncc2c(c1-c1noc(CN3CCCCCC3=O)n1)CCNC2.O=C(O)C(F)(F)F. The van der Waals surface area contributed by atoms with Gasteiger partial charge in [-0.05, 0) is 43.9 Å². The van der Waals surface area contributed by atoms with Crippen LogP contribution in [0.15, 0.2) is 10.7 Å². The zero-order chi connectivity index (χ0) is 23.3. The average molecular weight is 455 g/mol. The van der Waals surface area contributed by atoms with Gasteiger partial charge in [0.1, 0.15) is 0 Å². The van der Waals surface area contributed by atoms with Crippen molar-refractivity contribution in [1.82, 2.24) is 25.3 Å². The molecule has 0 saturated carbocycles. The van der Waals surface area contributed by atoms with Gasteiger partial charge >= 0.3 is 12.1 Å². The molecule has 0 radical (unpaired) electrons. The number of carbonyl (C=O) groups excluding carboxylic acids is 1. The van der Waals surface area contributed by atoms with Crippen LogP contribution < -0.4 is 5.32 Å². The monoisotopic (exact) mass is 455 g/mol. The topological polar surface area (TPSA) is 121 Å². The summed E-state index contributed by atoms with van der Waals surface area (Å²) in [6.07, 6.45) is 1.50. The minimum atomic E-state index is -5.08. The normalized spacial score (nSPS) is 16.6. The molecule has 32 heavy (non-hydrogen) atoms. The van der Waals surface area contributed by atoms with Crippen LogP contribution in [-0.4, -0.2) is 56.3 Å². The van der Waals surface area contributed by atoms with Crippen LogP contribution in [0, 0.1) is 6.92 Å². The second-order valence-electron chi connectivity index (χ2n) is 7.59. The quantitative estimate of drug-likeness (QED) is 0.725. The van der Waals surface area contributed by atoms with Crippen LogP contribution in [0.5, 0.6) is 0 Å². The first kappa shape index (κ1) is 23.6. The fraction of sp³-hybridized carbons (Fsp3) is 0.550. The summed E-state index contributed by atoms with van der Waals surface area (Å²) in [6, 6.07) is 0. The number of halogens is 3. The molecule has 4 heterocycles. The number of amides is 1.